The van der Waals surface area contributed by atoms with E-state index in [-0.39, 0.29) is 6.04 Å². The van der Waals surface area contributed by atoms with Gasteiger partial charge in [-0.05, 0) is 32.9 Å². The number of hydrogen-bond donors (Lipinski definition) is 2. The zero-order valence-corrected chi connectivity index (χ0v) is 10.2. The van der Waals surface area contributed by atoms with Gasteiger partial charge in [0.15, 0.2) is 0 Å². The van der Waals surface area contributed by atoms with Gasteiger partial charge in [0, 0.05) is 19.2 Å². The number of furan rings is 1. The van der Waals surface area contributed by atoms with Gasteiger partial charge in [-0.2, -0.15) is 0 Å². The molecule has 92 valence electrons. The van der Waals surface area contributed by atoms with E-state index in [1.807, 2.05) is 13.8 Å². The number of ether oxygens (including phenoxy) is 1. The fourth-order valence-corrected chi connectivity index (χ4v) is 1.40. The van der Waals surface area contributed by atoms with Crippen molar-refractivity contribution < 1.29 is 14.3 Å². The molecule has 1 aromatic rings. The second kappa shape index (κ2) is 6.03. The quantitative estimate of drug-likeness (QED) is 0.741. The van der Waals surface area contributed by atoms with Crippen LogP contribution >= 0.6 is 0 Å². The zero-order chi connectivity index (χ0) is 12.0. The molecule has 4 heteroatoms. The first-order valence-electron chi connectivity index (χ1n) is 5.63. The molecule has 2 N–H and O–H groups in total. The standard InChI is InChI=1S/C12H21NO3/c1-4-15-8-10(2)13-9-12(3,14)11-6-5-7-16-11/h5-7,10,13-14H,4,8-9H2,1-3H3. The van der Waals surface area contributed by atoms with E-state index in [1.165, 1.54) is 0 Å². The second-order valence-corrected chi connectivity index (χ2v) is 4.19. The molecule has 16 heavy (non-hydrogen) atoms. The summed E-state index contributed by atoms with van der Waals surface area (Å²) in [5.74, 6) is 0.573. The van der Waals surface area contributed by atoms with Crippen LogP contribution < -0.4 is 5.32 Å². The molecule has 0 fully saturated rings. The Kier molecular flexibility index (Phi) is 4.99. The normalized spacial score (nSPS) is 17.0. The lowest BCUT2D eigenvalue weighted by Gasteiger charge is -2.23. The molecule has 1 rings (SSSR count). The van der Waals surface area contributed by atoms with Crippen molar-refractivity contribution in [2.75, 3.05) is 19.8 Å². The third-order valence-electron chi connectivity index (χ3n) is 2.42. The minimum absolute atomic E-state index is 0.210. The van der Waals surface area contributed by atoms with E-state index in [2.05, 4.69) is 5.32 Å². The van der Waals surface area contributed by atoms with Gasteiger partial charge < -0.3 is 19.6 Å². The molecule has 0 aliphatic carbocycles. The predicted octanol–water partition coefficient (Wildman–Crippen LogP) is 1.50. The second-order valence-electron chi connectivity index (χ2n) is 4.19. The highest BCUT2D eigenvalue weighted by molar-refractivity contribution is 5.08. The van der Waals surface area contributed by atoms with Crippen molar-refractivity contribution in [1.29, 1.82) is 0 Å². The SMILES string of the molecule is CCOCC(C)NCC(C)(O)c1ccco1. The molecule has 4 nitrogen and oxygen atoms in total. The summed E-state index contributed by atoms with van der Waals surface area (Å²) in [4.78, 5) is 0. The molecule has 1 heterocycles. The lowest BCUT2D eigenvalue weighted by atomic mass is 10.0. The van der Waals surface area contributed by atoms with E-state index in [9.17, 15) is 5.11 Å². The van der Waals surface area contributed by atoms with Crippen molar-refractivity contribution in [3.05, 3.63) is 24.2 Å². The summed E-state index contributed by atoms with van der Waals surface area (Å²) in [5.41, 5.74) is -0.982. The van der Waals surface area contributed by atoms with Gasteiger partial charge >= 0.3 is 0 Å². The van der Waals surface area contributed by atoms with Gasteiger partial charge in [-0.15, -0.1) is 0 Å². The summed E-state index contributed by atoms with van der Waals surface area (Å²) in [6.07, 6.45) is 1.56. The van der Waals surface area contributed by atoms with Crippen molar-refractivity contribution in [1.82, 2.24) is 5.32 Å². The van der Waals surface area contributed by atoms with Crippen LogP contribution in [0, 0.1) is 0 Å². The summed E-state index contributed by atoms with van der Waals surface area (Å²) in [7, 11) is 0. The molecule has 0 saturated heterocycles. The lowest BCUT2D eigenvalue weighted by molar-refractivity contribution is 0.0274. The molecule has 0 amide bonds. The van der Waals surface area contributed by atoms with Crippen LogP contribution in [0.15, 0.2) is 22.8 Å². The summed E-state index contributed by atoms with van der Waals surface area (Å²) in [5, 5.41) is 13.4. The van der Waals surface area contributed by atoms with Crippen LogP contribution in [0.4, 0.5) is 0 Å². The largest absolute Gasteiger partial charge is 0.466 e. The molecule has 0 spiro atoms. The first-order valence-corrected chi connectivity index (χ1v) is 5.63. The average Bonchev–Trinajstić information content (AvgIpc) is 2.77. The van der Waals surface area contributed by atoms with Crippen molar-refractivity contribution in [3.63, 3.8) is 0 Å². The molecule has 0 radical (unpaired) electrons. The number of nitrogens with one attached hydrogen (secondary N) is 1. The van der Waals surface area contributed by atoms with Crippen LogP contribution in [0.25, 0.3) is 0 Å². The Hall–Kier alpha value is -0.840. The van der Waals surface area contributed by atoms with E-state index in [1.54, 1.807) is 25.3 Å². The minimum Gasteiger partial charge on any atom is -0.466 e. The van der Waals surface area contributed by atoms with Gasteiger partial charge in [0.2, 0.25) is 0 Å². The summed E-state index contributed by atoms with van der Waals surface area (Å²) >= 11 is 0. The monoisotopic (exact) mass is 227 g/mol. The van der Waals surface area contributed by atoms with Crippen LogP contribution in [0.3, 0.4) is 0 Å². The Balaban J connectivity index is 2.36. The zero-order valence-electron chi connectivity index (χ0n) is 10.2. The Labute approximate surface area is 96.6 Å². The van der Waals surface area contributed by atoms with Gasteiger partial charge in [-0.1, -0.05) is 0 Å². The third kappa shape index (κ3) is 3.96. The van der Waals surface area contributed by atoms with E-state index < -0.39 is 5.60 Å². The Bertz CT molecular complexity index is 282. The molecule has 2 atom stereocenters. The molecule has 0 bridgehead atoms. The Morgan fingerprint density at radius 2 is 2.38 bits per heavy atom. The Morgan fingerprint density at radius 3 is 2.94 bits per heavy atom. The predicted molar refractivity (Wildman–Crippen MR) is 62.2 cm³/mol. The summed E-state index contributed by atoms with van der Waals surface area (Å²) in [6, 6.07) is 3.75. The van der Waals surface area contributed by atoms with Gasteiger partial charge in [-0.3, -0.25) is 0 Å². The van der Waals surface area contributed by atoms with Gasteiger partial charge in [0.1, 0.15) is 11.4 Å². The molecule has 0 aromatic carbocycles. The highest BCUT2D eigenvalue weighted by atomic mass is 16.5. The summed E-state index contributed by atoms with van der Waals surface area (Å²) in [6.45, 7) is 7.51. The molecule has 1 aromatic heterocycles. The molecular formula is C12H21NO3. The van der Waals surface area contributed by atoms with Crippen molar-refractivity contribution in [3.8, 4) is 0 Å². The molecule has 2 unspecified atom stereocenters. The van der Waals surface area contributed by atoms with Crippen LogP contribution in [-0.2, 0) is 10.3 Å². The maximum Gasteiger partial charge on any atom is 0.136 e. The topological polar surface area (TPSA) is 54.6 Å². The highest BCUT2D eigenvalue weighted by Gasteiger charge is 2.26. The number of hydrogen-bond acceptors (Lipinski definition) is 4. The van der Waals surface area contributed by atoms with Crippen molar-refractivity contribution >= 4 is 0 Å². The Morgan fingerprint density at radius 1 is 1.62 bits per heavy atom. The fourth-order valence-electron chi connectivity index (χ4n) is 1.40. The fraction of sp³-hybridized carbons (Fsp3) is 0.667. The van der Waals surface area contributed by atoms with Crippen molar-refractivity contribution in [2.24, 2.45) is 0 Å². The first-order chi connectivity index (χ1) is 7.56. The molecule has 0 aliphatic heterocycles. The first kappa shape index (κ1) is 13.2. The highest BCUT2D eigenvalue weighted by Crippen LogP contribution is 2.19. The van der Waals surface area contributed by atoms with Crippen LogP contribution in [0.2, 0.25) is 0 Å². The summed E-state index contributed by atoms with van der Waals surface area (Å²) < 4.78 is 10.5. The van der Waals surface area contributed by atoms with E-state index in [0.29, 0.717) is 25.5 Å². The van der Waals surface area contributed by atoms with E-state index in [4.69, 9.17) is 9.15 Å². The van der Waals surface area contributed by atoms with Crippen LogP contribution in [0.1, 0.15) is 26.5 Å². The van der Waals surface area contributed by atoms with Crippen LogP contribution in [-0.4, -0.2) is 30.9 Å². The van der Waals surface area contributed by atoms with E-state index >= 15 is 0 Å². The maximum absolute atomic E-state index is 10.2. The minimum atomic E-state index is -0.982. The lowest BCUT2D eigenvalue weighted by Crippen LogP contribution is -2.41. The molecular weight excluding hydrogens is 206 g/mol. The molecule has 0 saturated carbocycles. The van der Waals surface area contributed by atoms with Crippen molar-refractivity contribution in [2.45, 2.75) is 32.4 Å². The van der Waals surface area contributed by atoms with Gasteiger partial charge in [0.05, 0.1) is 12.9 Å². The molecule has 0 aliphatic rings. The average molecular weight is 227 g/mol. The van der Waals surface area contributed by atoms with Gasteiger partial charge in [0.25, 0.3) is 0 Å². The van der Waals surface area contributed by atoms with Gasteiger partial charge in [-0.25, -0.2) is 0 Å². The third-order valence-corrected chi connectivity index (χ3v) is 2.42. The van der Waals surface area contributed by atoms with E-state index in [0.717, 1.165) is 0 Å². The number of rotatable bonds is 7. The maximum atomic E-state index is 10.2. The number of aliphatic hydroxyl groups is 1. The smallest absolute Gasteiger partial charge is 0.136 e. The van der Waals surface area contributed by atoms with Crippen LogP contribution in [0.5, 0.6) is 0 Å².